The summed E-state index contributed by atoms with van der Waals surface area (Å²) in [6.07, 6.45) is 0. The second-order valence-electron chi connectivity index (χ2n) is 2.81. The fraction of sp³-hybridized carbons (Fsp3) is 0. The molecule has 0 bridgehead atoms. The van der Waals surface area contributed by atoms with Gasteiger partial charge in [-0.1, -0.05) is 0 Å². The predicted octanol–water partition coefficient (Wildman–Crippen LogP) is -1.15. The van der Waals surface area contributed by atoms with E-state index >= 15 is 0 Å². The maximum atomic E-state index is 11.0. The molecular formula is C7H6AsNO7. The van der Waals surface area contributed by atoms with Gasteiger partial charge in [0.25, 0.3) is 0 Å². The molecular weight excluding hydrogens is 285 g/mol. The van der Waals surface area contributed by atoms with E-state index < -0.39 is 40.7 Å². The van der Waals surface area contributed by atoms with E-state index in [0.717, 1.165) is 12.1 Å². The minimum atomic E-state index is -5.39. The second-order valence-corrected chi connectivity index (χ2v) is 6.10. The first-order valence-electron chi connectivity index (χ1n) is 3.81. The van der Waals surface area contributed by atoms with Gasteiger partial charge in [0, 0.05) is 0 Å². The number of rotatable bonds is 3. The molecule has 0 heterocycles. The van der Waals surface area contributed by atoms with Gasteiger partial charge in [-0.05, 0) is 0 Å². The summed E-state index contributed by atoms with van der Waals surface area (Å²) in [5.74, 6) is -1.62. The van der Waals surface area contributed by atoms with E-state index in [1.54, 1.807) is 0 Å². The molecule has 0 saturated carbocycles. The van der Waals surface area contributed by atoms with Crippen LogP contribution >= 0.6 is 0 Å². The van der Waals surface area contributed by atoms with Gasteiger partial charge in [-0.25, -0.2) is 0 Å². The van der Waals surface area contributed by atoms with Gasteiger partial charge in [-0.3, -0.25) is 0 Å². The summed E-state index contributed by atoms with van der Waals surface area (Å²) in [6.45, 7) is 0. The van der Waals surface area contributed by atoms with Crippen LogP contribution in [0.4, 0.5) is 5.69 Å². The van der Waals surface area contributed by atoms with E-state index in [1.165, 1.54) is 0 Å². The number of nitro benzene ring substituents is 1. The number of hydrogen-bond donors (Lipinski definition) is 3. The normalized spacial score (nSPS) is 11.1. The van der Waals surface area contributed by atoms with Crippen molar-refractivity contribution in [2.45, 2.75) is 0 Å². The Morgan fingerprint density at radius 2 is 1.94 bits per heavy atom. The van der Waals surface area contributed by atoms with Crippen molar-refractivity contribution in [1.29, 1.82) is 0 Å². The molecule has 0 radical (unpaired) electrons. The third-order valence-corrected chi connectivity index (χ3v) is 3.87. The van der Waals surface area contributed by atoms with E-state index in [0.29, 0.717) is 6.07 Å². The van der Waals surface area contributed by atoms with Gasteiger partial charge in [0.15, 0.2) is 0 Å². The van der Waals surface area contributed by atoms with E-state index in [-0.39, 0.29) is 0 Å². The van der Waals surface area contributed by atoms with Crippen LogP contribution in [0.5, 0.6) is 0 Å². The molecule has 3 N–H and O–H groups in total. The molecule has 1 aromatic rings. The van der Waals surface area contributed by atoms with Crippen molar-refractivity contribution < 1.29 is 26.8 Å². The molecule has 16 heavy (non-hydrogen) atoms. The van der Waals surface area contributed by atoms with Crippen molar-refractivity contribution in [1.82, 2.24) is 0 Å². The van der Waals surface area contributed by atoms with Crippen molar-refractivity contribution in [3.8, 4) is 0 Å². The first kappa shape index (κ1) is 12.4. The van der Waals surface area contributed by atoms with Gasteiger partial charge in [0.2, 0.25) is 0 Å². The van der Waals surface area contributed by atoms with Gasteiger partial charge in [-0.2, -0.15) is 0 Å². The average molecular weight is 291 g/mol. The Morgan fingerprint density at radius 1 is 1.38 bits per heavy atom. The molecule has 0 atom stereocenters. The Morgan fingerprint density at radius 3 is 2.31 bits per heavy atom. The number of non-ortho nitro benzene ring substituents is 1. The van der Waals surface area contributed by atoms with Crippen molar-refractivity contribution in [2.75, 3.05) is 0 Å². The second kappa shape index (κ2) is 4.09. The van der Waals surface area contributed by atoms with Crippen LogP contribution < -0.4 is 4.35 Å². The van der Waals surface area contributed by atoms with Gasteiger partial charge < -0.3 is 0 Å². The molecule has 0 aliphatic heterocycles. The molecule has 1 aromatic carbocycles. The maximum absolute atomic E-state index is 11.0. The summed E-state index contributed by atoms with van der Waals surface area (Å²) in [5, 5.41) is 19.0. The number of carboxylic acid groups (broad SMARTS) is 1. The van der Waals surface area contributed by atoms with Crippen LogP contribution in [0.25, 0.3) is 0 Å². The monoisotopic (exact) mass is 291 g/mol. The first-order chi connectivity index (χ1) is 7.23. The van der Waals surface area contributed by atoms with Gasteiger partial charge in [0.1, 0.15) is 0 Å². The third-order valence-electron chi connectivity index (χ3n) is 1.74. The van der Waals surface area contributed by atoms with E-state index in [9.17, 15) is 18.6 Å². The standard InChI is InChI=1S/C7H6AsNO7/c10-7(11)5-3-4(9(15)16)1-2-6(5)8(12,13)14/h1-3H,(H,10,11)(H2,12,13,14). The van der Waals surface area contributed by atoms with Crippen LogP contribution in [0.1, 0.15) is 10.4 Å². The Hall–Kier alpha value is -1.63. The zero-order valence-corrected chi connectivity index (χ0v) is 9.48. The molecule has 1 rings (SSSR count). The van der Waals surface area contributed by atoms with Crippen LogP contribution in [-0.4, -0.2) is 38.4 Å². The summed E-state index contributed by atoms with van der Waals surface area (Å²) in [4.78, 5) is 20.2. The third kappa shape index (κ3) is 2.48. The van der Waals surface area contributed by atoms with Gasteiger partial charge in [0.05, 0.1) is 0 Å². The summed E-state index contributed by atoms with van der Waals surface area (Å²) in [6, 6.07) is 2.24. The zero-order valence-electron chi connectivity index (χ0n) is 7.60. The first-order valence-corrected chi connectivity index (χ1v) is 7.19. The van der Waals surface area contributed by atoms with Gasteiger partial charge >= 0.3 is 90.8 Å². The number of benzene rings is 1. The number of nitro groups is 1. The Labute approximate surface area is 91.3 Å². The summed E-state index contributed by atoms with van der Waals surface area (Å²) < 4.78 is 28.1. The Balaban J connectivity index is 3.49. The van der Waals surface area contributed by atoms with Crippen molar-refractivity contribution in [2.24, 2.45) is 0 Å². The van der Waals surface area contributed by atoms with Crippen LogP contribution in [0.15, 0.2) is 18.2 Å². The van der Waals surface area contributed by atoms with E-state index in [1.807, 2.05) is 0 Å². The molecule has 0 fully saturated rings. The molecule has 0 aromatic heterocycles. The number of carboxylic acids is 1. The molecule has 0 saturated heterocycles. The van der Waals surface area contributed by atoms with E-state index in [2.05, 4.69) is 0 Å². The minimum absolute atomic E-state index is 0.537. The summed E-state index contributed by atoms with van der Waals surface area (Å²) in [7, 11) is 0. The number of nitrogens with zero attached hydrogens (tertiary/aromatic N) is 1. The van der Waals surface area contributed by atoms with Crippen LogP contribution in [-0.2, 0) is 3.74 Å². The molecule has 8 nitrogen and oxygen atoms in total. The van der Waals surface area contributed by atoms with E-state index in [4.69, 9.17) is 13.3 Å². The van der Waals surface area contributed by atoms with Crippen LogP contribution in [0.2, 0.25) is 0 Å². The van der Waals surface area contributed by atoms with Crippen molar-refractivity contribution >= 4 is 30.2 Å². The topological polar surface area (TPSA) is 138 Å². The number of carbonyl (C=O) groups is 1. The molecule has 0 aliphatic rings. The Bertz CT molecular complexity index is 505. The predicted molar refractivity (Wildman–Crippen MR) is 50.6 cm³/mol. The molecule has 0 aliphatic carbocycles. The molecule has 86 valence electrons. The summed E-state index contributed by atoms with van der Waals surface area (Å²) >= 11 is -5.39. The molecule has 0 amide bonds. The van der Waals surface area contributed by atoms with Crippen LogP contribution in [0.3, 0.4) is 0 Å². The van der Waals surface area contributed by atoms with Crippen molar-refractivity contribution in [3.05, 3.63) is 33.9 Å². The number of aromatic carboxylic acids is 1. The summed E-state index contributed by atoms with van der Waals surface area (Å²) in [5.41, 5.74) is -1.29. The van der Waals surface area contributed by atoms with Crippen molar-refractivity contribution in [3.63, 3.8) is 0 Å². The molecule has 0 unspecified atom stereocenters. The molecule has 9 heteroatoms. The Kier molecular flexibility index (Phi) is 3.18. The molecule has 0 spiro atoms. The van der Waals surface area contributed by atoms with Gasteiger partial charge in [-0.15, -0.1) is 0 Å². The van der Waals surface area contributed by atoms with Crippen LogP contribution in [0, 0.1) is 10.1 Å². The zero-order chi connectivity index (χ0) is 12.5. The SMILES string of the molecule is O=C(O)c1cc([N+](=O)[O-])ccc1[As](=O)(O)O. The fourth-order valence-corrected chi connectivity index (χ4v) is 2.62. The average Bonchev–Trinajstić information content (AvgIpc) is 2.15. The number of hydrogen-bond acceptors (Lipinski definition) is 4. The quantitative estimate of drug-likeness (QED) is 0.363. The fourth-order valence-electron chi connectivity index (χ4n) is 1.06.